The first kappa shape index (κ1) is 18.1. The summed E-state index contributed by atoms with van der Waals surface area (Å²) in [5, 5.41) is 2.91. The third-order valence-corrected chi connectivity index (χ3v) is 4.31. The second-order valence-electron chi connectivity index (χ2n) is 6.18. The number of amides is 1. The summed E-state index contributed by atoms with van der Waals surface area (Å²) in [6.07, 6.45) is 0.848. The average molecular weight is 357 g/mol. The molecule has 5 nitrogen and oxygen atoms in total. The third-order valence-electron chi connectivity index (χ3n) is 4.31. The number of halogens is 1. The smallest absolute Gasteiger partial charge is 0.309 e. The molecule has 1 fully saturated rings. The van der Waals surface area contributed by atoms with Gasteiger partial charge in [0.05, 0.1) is 26.2 Å². The van der Waals surface area contributed by atoms with E-state index in [9.17, 15) is 14.0 Å². The van der Waals surface area contributed by atoms with Gasteiger partial charge in [0.2, 0.25) is 0 Å². The van der Waals surface area contributed by atoms with Gasteiger partial charge in [0.15, 0.2) is 0 Å². The highest BCUT2D eigenvalue weighted by atomic mass is 19.1. The quantitative estimate of drug-likeness (QED) is 0.836. The van der Waals surface area contributed by atoms with Crippen molar-refractivity contribution >= 4 is 11.9 Å². The normalized spacial score (nSPS) is 16.3. The zero-order valence-corrected chi connectivity index (χ0v) is 14.5. The minimum atomic E-state index is -0.416. The van der Waals surface area contributed by atoms with Gasteiger partial charge in [0.1, 0.15) is 5.82 Å². The molecular weight excluding hydrogens is 337 g/mol. The molecule has 1 atom stereocenters. The van der Waals surface area contributed by atoms with Crippen molar-refractivity contribution in [2.75, 3.05) is 20.3 Å². The fourth-order valence-electron chi connectivity index (χ4n) is 2.89. The molecule has 1 aliphatic heterocycles. The van der Waals surface area contributed by atoms with Crippen molar-refractivity contribution in [3.8, 4) is 11.1 Å². The Morgan fingerprint density at radius 3 is 2.85 bits per heavy atom. The van der Waals surface area contributed by atoms with Crippen LogP contribution < -0.4 is 5.32 Å². The Morgan fingerprint density at radius 1 is 1.27 bits per heavy atom. The van der Waals surface area contributed by atoms with Crippen molar-refractivity contribution in [1.82, 2.24) is 5.32 Å². The van der Waals surface area contributed by atoms with Crippen LogP contribution in [0.15, 0.2) is 42.5 Å². The fraction of sp³-hybridized carbons (Fsp3) is 0.300. The van der Waals surface area contributed by atoms with Gasteiger partial charge in [-0.3, -0.25) is 9.59 Å². The number of esters is 1. The number of carbonyl (C=O) groups is 2. The number of carbonyl (C=O) groups excluding carboxylic acids is 2. The summed E-state index contributed by atoms with van der Waals surface area (Å²) in [6, 6.07) is 11.2. The molecule has 2 aromatic rings. The maximum atomic E-state index is 14.3. The van der Waals surface area contributed by atoms with Crippen molar-refractivity contribution in [2.45, 2.75) is 18.9 Å². The third kappa shape index (κ3) is 4.26. The predicted octanol–water partition coefficient (Wildman–Crippen LogP) is 2.73. The molecule has 2 aromatic carbocycles. The van der Waals surface area contributed by atoms with E-state index in [4.69, 9.17) is 4.74 Å². The molecule has 0 unspecified atom stereocenters. The van der Waals surface area contributed by atoms with Crippen LogP contribution in [0.2, 0.25) is 0 Å². The van der Waals surface area contributed by atoms with Gasteiger partial charge in [0.25, 0.3) is 5.91 Å². The first-order chi connectivity index (χ1) is 12.6. The number of hydrogen-bond acceptors (Lipinski definition) is 4. The van der Waals surface area contributed by atoms with E-state index in [1.165, 1.54) is 13.2 Å². The highest BCUT2D eigenvalue weighted by molar-refractivity contribution is 5.95. The molecule has 136 valence electrons. The molecule has 0 aromatic heterocycles. The highest BCUT2D eigenvalue weighted by Crippen LogP contribution is 2.25. The lowest BCUT2D eigenvalue weighted by Crippen LogP contribution is -2.34. The van der Waals surface area contributed by atoms with Gasteiger partial charge < -0.3 is 14.8 Å². The van der Waals surface area contributed by atoms with Gasteiger partial charge in [-0.15, -0.1) is 0 Å². The Hall–Kier alpha value is -2.73. The first-order valence-corrected chi connectivity index (χ1v) is 8.41. The van der Waals surface area contributed by atoms with Crippen LogP contribution in [0.1, 0.15) is 22.3 Å². The van der Waals surface area contributed by atoms with Gasteiger partial charge in [-0.2, -0.15) is 0 Å². The van der Waals surface area contributed by atoms with Gasteiger partial charge >= 0.3 is 5.97 Å². The Bertz CT molecular complexity index is 815. The van der Waals surface area contributed by atoms with Gasteiger partial charge in [0, 0.05) is 17.7 Å². The summed E-state index contributed by atoms with van der Waals surface area (Å²) in [6.45, 7) is 1.15. The summed E-state index contributed by atoms with van der Waals surface area (Å²) in [4.78, 5) is 23.8. The maximum Gasteiger partial charge on any atom is 0.309 e. The SMILES string of the molecule is COC(=O)Cc1ccc(F)c(-c2cccc(C(=O)N[C@H]3CCOC3)c2)c1. The summed E-state index contributed by atoms with van der Waals surface area (Å²) in [5.74, 6) is -1.02. The number of hydrogen-bond donors (Lipinski definition) is 1. The van der Waals surface area contributed by atoms with E-state index in [2.05, 4.69) is 10.1 Å². The number of methoxy groups -OCH3 is 1. The molecule has 0 spiro atoms. The molecular formula is C20H20FNO4. The standard InChI is InChI=1S/C20H20FNO4/c1-25-19(23)10-13-5-6-18(21)17(9-13)14-3-2-4-15(11-14)20(24)22-16-7-8-26-12-16/h2-6,9,11,16H,7-8,10,12H2,1H3,(H,22,24)/t16-/m0/s1. The molecule has 0 radical (unpaired) electrons. The van der Waals surface area contributed by atoms with E-state index in [0.29, 0.717) is 35.5 Å². The van der Waals surface area contributed by atoms with Crippen molar-refractivity contribution in [3.05, 3.63) is 59.4 Å². The average Bonchev–Trinajstić information content (AvgIpc) is 3.16. The Labute approximate surface area is 151 Å². The molecule has 1 amide bonds. The molecule has 0 aliphatic carbocycles. The largest absolute Gasteiger partial charge is 0.469 e. The lowest BCUT2D eigenvalue weighted by molar-refractivity contribution is -0.139. The van der Waals surface area contributed by atoms with Crippen molar-refractivity contribution < 1.29 is 23.5 Å². The second-order valence-corrected chi connectivity index (χ2v) is 6.18. The minimum Gasteiger partial charge on any atom is -0.469 e. The molecule has 26 heavy (non-hydrogen) atoms. The van der Waals surface area contributed by atoms with Gasteiger partial charge in [-0.25, -0.2) is 4.39 Å². The molecule has 1 aliphatic rings. The molecule has 3 rings (SSSR count). The summed E-state index contributed by atoms with van der Waals surface area (Å²) >= 11 is 0. The van der Waals surface area contributed by atoms with E-state index < -0.39 is 11.8 Å². The molecule has 1 heterocycles. The van der Waals surface area contributed by atoms with Crippen LogP contribution in [0.3, 0.4) is 0 Å². The topological polar surface area (TPSA) is 64.6 Å². The van der Waals surface area contributed by atoms with Crippen LogP contribution in [0.4, 0.5) is 4.39 Å². The van der Waals surface area contributed by atoms with Crippen LogP contribution in [0.5, 0.6) is 0 Å². The minimum absolute atomic E-state index is 0.00581. The van der Waals surface area contributed by atoms with E-state index in [1.807, 2.05) is 0 Å². The maximum absolute atomic E-state index is 14.3. The Kier molecular flexibility index (Phi) is 5.63. The Balaban J connectivity index is 1.83. The number of rotatable bonds is 5. The number of nitrogens with one attached hydrogen (secondary N) is 1. The second kappa shape index (κ2) is 8.10. The van der Waals surface area contributed by atoms with E-state index in [-0.39, 0.29) is 18.4 Å². The van der Waals surface area contributed by atoms with Crippen LogP contribution in [0.25, 0.3) is 11.1 Å². The summed E-state index contributed by atoms with van der Waals surface area (Å²) in [5.41, 5.74) is 2.01. The van der Waals surface area contributed by atoms with Gasteiger partial charge in [-0.05, 0) is 41.8 Å². The monoisotopic (exact) mass is 357 g/mol. The lowest BCUT2D eigenvalue weighted by Gasteiger charge is -2.12. The van der Waals surface area contributed by atoms with Crippen LogP contribution in [-0.4, -0.2) is 38.2 Å². The van der Waals surface area contributed by atoms with Crippen LogP contribution in [0, 0.1) is 5.82 Å². The van der Waals surface area contributed by atoms with Crippen molar-refractivity contribution in [1.29, 1.82) is 0 Å². The zero-order chi connectivity index (χ0) is 18.5. The zero-order valence-electron chi connectivity index (χ0n) is 14.5. The first-order valence-electron chi connectivity index (χ1n) is 8.41. The summed E-state index contributed by atoms with van der Waals surface area (Å²) in [7, 11) is 1.31. The lowest BCUT2D eigenvalue weighted by atomic mass is 9.99. The Morgan fingerprint density at radius 2 is 2.12 bits per heavy atom. The van der Waals surface area contributed by atoms with E-state index in [0.717, 1.165) is 6.42 Å². The number of benzene rings is 2. The van der Waals surface area contributed by atoms with Gasteiger partial charge in [-0.1, -0.05) is 18.2 Å². The van der Waals surface area contributed by atoms with Crippen molar-refractivity contribution in [3.63, 3.8) is 0 Å². The van der Waals surface area contributed by atoms with Crippen molar-refractivity contribution in [2.24, 2.45) is 0 Å². The highest BCUT2D eigenvalue weighted by Gasteiger charge is 2.19. The van der Waals surface area contributed by atoms with Crippen LogP contribution in [-0.2, 0) is 20.7 Å². The molecule has 6 heteroatoms. The molecule has 1 N–H and O–H groups in total. The van der Waals surface area contributed by atoms with E-state index in [1.54, 1.807) is 36.4 Å². The van der Waals surface area contributed by atoms with E-state index >= 15 is 0 Å². The molecule has 0 saturated carbocycles. The fourth-order valence-corrected chi connectivity index (χ4v) is 2.89. The van der Waals surface area contributed by atoms with Crippen LogP contribution >= 0.6 is 0 Å². The molecule has 1 saturated heterocycles. The summed E-state index contributed by atoms with van der Waals surface area (Å²) < 4.78 is 24.2. The predicted molar refractivity (Wildman–Crippen MR) is 94.2 cm³/mol. The number of ether oxygens (including phenoxy) is 2. The molecule has 0 bridgehead atoms.